The predicted molar refractivity (Wildman–Crippen MR) is 72.7 cm³/mol. The van der Waals surface area contributed by atoms with Crippen LogP contribution < -0.4 is 11.2 Å². The number of anilines is 1. The molecule has 1 aromatic rings. The number of carbonyl (C=O) groups excluding carboxylic acids is 1. The smallest absolute Gasteiger partial charge is 0.398 e. The third-order valence-corrected chi connectivity index (χ3v) is 3.39. The number of likely N-dealkylation sites (tertiary alicyclic amines) is 1. The number of hydrogen-bond acceptors (Lipinski definition) is 4. The molecule has 0 spiro atoms. The fourth-order valence-electron chi connectivity index (χ4n) is 1.87. The van der Waals surface area contributed by atoms with Crippen LogP contribution in [0.5, 0.6) is 0 Å². The lowest BCUT2D eigenvalue weighted by Gasteiger charge is -2.15. The third-order valence-electron chi connectivity index (χ3n) is 2.89. The number of carbonyl (C=O) groups is 1. The van der Waals surface area contributed by atoms with E-state index in [1.807, 2.05) is 18.2 Å². The maximum atomic E-state index is 11.6. The summed E-state index contributed by atoms with van der Waals surface area (Å²) in [4.78, 5) is 18.3. The highest BCUT2D eigenvalue weighted by molar-refractivity contribution is 9.10. The Balaban J connectivity index is 1.79. The Kier molecular flexibility index (Phi) is 4.43. The number of benzene rings is 1. The molecule has 1 aliphatic rings. The second-order valence-corrected chi connectivity index (χ2v) is 5.14. The van der Waals surface area contributed by atoms with Gasteiger partial charge in [0, 0.05) is 23.2 Å². The molecule has 1 aromatic carbocycles. The molecule has 0 aliphatic carbocycles. The Hall–Kier alpha value is -1.27. The average Bonchev–Trinajstić information content (AvgIpc) is 2.85. The summed E-state index contributed by atoms with van der Waals surface area (Å²) in [7, 11) is 0. The Morgan fingerprint density at radius 1 is 1.44 bits per heavy atom. The first kappa shape index (κ1) is 13.2. The van der Waals surface area contributed by atoms with Gasteiger partial charge < -0.3 is 15.5 Å². The first-order chi connectivity index (χ1) is 8.66. The van der Waals surface area contributed by atoms with Gasteiger partial charge in [-0.15, -0.1) is 5.48 Å². The molecule has 1 saturated heterocycles. The molecular weight excluding hydrogens is 298 g/mol. The molecule has 2 rings (SSSR count). The molecule has 0 bridgehead atoms. The number of hydroxylamine groups is 1. The summed E-state index contributed by atoms with van der Waals surface area (Å²) in [6.45, 7) is 1.96. The Labute approximate surface area is 114 Å². The van der Waals surface area contributed by atoms with E-state index < -0.39 is 0 Å². The van der Waals surface area contributed by atoms with Crippen LogP contribution in [-0.2, 0) is 11.4 Å². The lowest BCUT2D eigenvalue weighted by atomic mass is 10.2. The Morgan fingerprint density at radius 3 is 2.83 bits per heavy atom. The molecule has 5 nitrogen and oxygen atoms in total. The molecule has 1 heterocycles. The van der Waals surface area contributed by atoms with Gasteiger partial charge in [0.1, 0.15) is 0 Å². The van der Waals surface area contributed by atoms with E-state index in [-0.39, 0.29) is 6.09 Å². The second-order valence-electron chi connectivity index (χ2n) is 4.23. The number of halogens is 1. The van der Waals surface area contributed by atoms with Gasteiger partial charge >= 0.3 is 6.09 Å². The fraction of sp³-hybridized carbons (Fsp3) is 0.417. The van der Waals surface area contributed by atoms with Gasteiger partial charge in [0.25, 0.3) is 0 Å². The zero-order chi connectivity index (χ0) is 13.0. The van der Waals surface area contributed by atoms with Crippen molar-refractivity contribution < 1.29 is 9.63 Å². The number of rotatable bonds is 3. The minimum Gasteiger partial charge on any atom is -0.398 e. The predicted octanol–water partition coefficient (Wildman–Crippen LogP) is 2.27. The van der Waals surface area contributed by atoms with Crippen molar-refractivity contribution in [3.05, 3.63) is 28.2 Å². The van der Waals surface area contributed by atoms with Crippen LogP contribution in [0.4, 0.5) is 10.5 Å². The van der Waals surface area contributed by atoms with Crippen LogP contribution in [0.2, 0.25) is 0 Å². The first-order valence-electron chi connectivity index (χ1n) is 5.89. The molecule has 6 heteroatoms. The van der Waals surface area contributed by atoms with E-state index in [0.29, 0.717) is 12.2 Å². The zero-order valence-corrected chi connectivity index (χ0v) is 11.6. The van der Waals surface area contributed by atoms with Crippen LogP contribution in [0.3, 0.4) is 0 Å². The molecule has 1 aliphatic heterocycles. The normalized spacial score (nSPS) is 14.8. The summed E-state index contributed by atoms with van der Waals surface area (Å²) in [5, 5.41) is 0. The van der Waals surface area contributed by atoms with E-state index in [0.717, 1.165) is 36.0 Å². The fourth-order valence-corrected chi connectivity index (χ4v) is 2.25. The summed E-state index contributed by atoms with van der Waals surface area (Å²) in [6, 6.07) is 5.60. The first-order valence-corrected chi connectivity index (χ1v) is 6.68. The second kappa shape index (κ2) is 6.06. The third kappa shape index (κ3) is 3.36. The van der Waals surface area contributed by atoms with Crippen molar-refractivity contribution in [3.63, 3.8) is 0 Å². The van der Waals surface area contributed by atoms with E-state index >= 15 is 0 Å². The standard InChI is InChI=1S/C12H16BrN3O2/c13-10-4-3-9(11(14)7-10)8-15-18-12(17)16-5-1-2-6-16/h3-4,7,15H,1-2,5-6,8,14H2. The topological polar surface area (TPSA) is 67.6 Å². The van der Waals surface area contributed by atoms with Crippen LogP contribution in [0.15, 0.2) is 22.7 Å². The molecule has 1 amide bonds. The lowest BCUT2D eigenvalue weighted by molar-refractivity contribution is 0.0582. The van der Waals surface area contributed by atoms with Crippen molar-refractivity contribution in [1.29, 1.82) is 0 Å². The van der Waals surface area contributed by atoms with Gasteiger partial charge in [-0.2, -0.15) is 0 Å². The quantitative estimate of drug-likeness (QED) is 0.663. The summed E-state index contributed by atoms with van der Waals surface area (Å²) >= 11 is 3.34. The largest absolute Gasteiger partial charge is 0.428 e. The Morgan fingerprint density at radius 2 is 2.17 bits per heavy atom. The summed E-state index contributed by atoms with van der Waals surface area (Å²) in [5.41, 5.74) is 10.0. The van der Waals surface area contributed by atoms with Crippen LogP contribution in [0.25, 0.3) is 0 Å². The van der Waals surface area contributed by atoms with Crippen molar-refractivity contribution in [2.75, 3.05) is 18.8 Å². The van der Waals surface area contributed by atoms with Crippen molar-refractivity contribution in [2.45, 2.75) is 19.4 Å². The number of nitrogens with two attached hydrogens (primary N) is 1. The van der Waals surface area contributed by atoms with Gasteiger partial charge in [0.15, 0.2) is 0 Å². The van der Waals surface area contributed by atoms with Crippen LogP contribution in [0, 0.1) is 0 Å². The highest BCUT2D eigenvalue weighted by atomic mass is 79.9. The zero-order valence-electron chi connectivity index (χ0n) is 9.99. The molecule has 18 heavy (non-hydrogen) atoms. The number of nitrogen functional groups attached to an aromatic ring is 1. The number of amides is 1. The molecule has 0 aromatic heterocycles. The van der Waals surface area contributed by atoms with E-state index in [2.05, 4.69) is 21.4 Å². The number of nitrogens with one attached hydrogen (secondary N) is 1. The van der Waals surface area contributed by atoms with Gasteiger partial charge in [0.2, 0.25) is 0 Å². The highest BCUT2D eigenvalue weighted by Gasteiger charge is 2.19. The number of hydrogen-bond donors (Lipinski definition) is 2. The minimum atomic E-state index is -0.316. The highest BCUT2D eigenvalue weighted by Crippen LogP contribution is 2.18. The lowest BCUT2D eigenvalue weighted by Crippen LogP contribution is -2.32. The van der Waals surface area contributed by atoms with Crippen molar-refractivity contribution in [1.82, 2.24) is 10.4 Å². The number of nitrogens with zero attached hydrogens (tertiary/aromatic N) is 1. The molecule has 1 fully saturated rings. The van der Waals surface area contributed by atoms with Gasteiger partial charge in [-0.3, -0.25) is 0 Å². The SMILES string of the molecule is Nc1cc(Br)ccc1CNOC(=O)N1CCCC1. The van der Waals surface area contributed by atoms with Crippen molar-refractivity contribution >= 4 is 27.7 Å². The van der Waals surface area contributed by atoms with Gasteiger partial charge in [-0.1, -0.05) is 22.0 Å². The minimum absolute atomic E-state index is 0.316. The van der Waals surface area contributed by atoms with Gasteiger partial charge in [0.05, 0.1) is 6.54 Å². The van der Waals surface area contributed by atoms with E-state index in [1.54, 1.807) is 4.90 Å². The van der Waals surface area contributed by atoms with E-state index in [4.69, 9.17) is 10.6 Å². The summed E-state index contributed by atoms with van der Waals surface area (Å²) in [5.74, 6) is 0. The molecule has 0 atom stereocenters. The monoisotopic (exact) mass is 313 g/mol. The van der Waals surface area contributed by atoms with Crippen LogP contribution in [-0.4, -0.2) is 24.1 Å². The van der Waals surface area contributed by atoms with Gasteiger partial charge in [-0.05, 0) is 30.5 Å². The average molecular weight is 314 g/mol. The molecule has 0 saturated carbocycles. The molecular formula is C12H16BrN3O2. The van der Waals surface area contributed by atoms with Crippen LogP contribution in [0.1, 0.15) is 18.4 Å². The maximum absolute atomic E-state index is 11.6. The van der Waals surface area contributed by atoms with E-state index in [1.165, 1.54) is 0 Å². The van der Waals surface area contributed by atoms with Gasteiger partial charge in [-0.25, -0.2) is 4.79 Å². The maximum Gasteiger partial charge on any atom is 0.428 e. The Bertz CT molecular complexity index is 433. The molecule has 98 valence electrons. The summed E-state index contributed by atoms with van der Waals surface area (Å²) in [6.07, 6.45) is 1.78. The van der Waals surface area contributed by atoms with Crippen LogP contribution >= 0.6 is 15.9 Å². The molecule has 0 radical (unpaired) electrons. The van der Waals surface area contributed by atoms with Crippen molar-refractivity contribution in [3.8, 4) is 0 Å². The van der Waals surface area contributed by atoms with E-state index in [9.17, 15) is 4.79 Å². The molecule has 0 unspecified atom stereocenters. The van der Waals surface area contributed by atoms with Crippen molar-refractivity contribution in [2.24, 2.45) is 0 Å². The summed E-state index contributed by atoms with van der Waals surface area (Å²) < 4.78 is 0.929. The molecule has 3 N–H and O–H groups in total.